The minimum absolute atomic E-state index is 0.00369. The molecule has 34 heavy (non-hydrogen) atoms. The summed E-state index contributed by atoms with van der Waals surface area (Å²) >= 11 is 1.21. The van der Waals surface area contributed by atoms with Crippen LogP contribution in [0.3, 0.4) is 0 Å². The predicted octanol–water partition coefficient (Wildman–Crippen LogP) is 4.95. The third kappa shape index (κ3) is 5.52. The van der Waals surface area contributed by atoms with Gasteiger partial charge in [-0.05, 0) is 65.2 Å². The number of ether oxygens (including phenoxy) is 2. The molecule has 0 fully saturated rings. The molecule has 2 heterocycles. The molecule has 0 unspecified atom stereocenters. The molecular formula is C25H27F2NO5S. The standard InChI is InChI=1S/C25H27F2NO5S/c1-6-32-19(29)13-28-17(11-10-15-8-7-9-16(26)21(15)27)20(24(31)33-25(3,4)5)22(30)23-18(28)12-14(2)34-23/h7-9,12H,6,10-11,13H2,1-5H3. The average Bonchev–Trinajstić information content (AvgIpc) is 3.12. The summed E-state index contributed by atoms with van der Waals surface area (Å²) in [5.74, 6) is -3.37. The number of carbonyl (C=O) groups is 2. The van der Waals surface area contributed by atoms with Crippen LogP contribution in [0.4, 0.5) is 8.78 Å². The van der Waals surface area contributed by atoms with Crippen molar-refractivity contribution in [3.05, 3.63) is 67.8 Å². The van der Waals surface area contributed by atoms with Gasteiger partial charge in [0.15, 0.2) is 11.6 Å². The zero-order valence-corrected chi connectivity index (χ0v) is 20.6. The molecule has 3 aromatic rings. The maximum atomic E-state index is 14.3. The van der Waals surface area contributed by atoms with Crippen LogP contribution in [0.15, 0.2) is 29.1 Å². The van der Waals surface area contributed by atoms with Crippen molar-refractivity contribution in [2.75, 3.05) is 6.61 Å². The van der Waals surface area contributed by atoms with Gasteiger partial charge < -0.3 is 14.0 Å². The van der Waals surface area contributed by atoms with Gasteiger partial charge in [0.05, 0.1) is 16.8 Å². The number of carbonyl (C=O) groups excluding carboxylic acids is 2. The summed E-state index contributed by atoms with van der Waals surface area (Å²) in [5, 5.41) is 0. The van der Waals surface area contributed by atoms with Gasteiger partial charge in [-0.3, -0.25) is 9.59 Å². The Morgan fingerprint density at radius 3 is 2.50 bits per heavy atom. The highest BCUT2D eigenvalue weighted by Gasteiger charge is 2.28. The number of halogens is 2. The number of hydrogen-bond donors (Lipinski definition) is 0. The van der Waals surface area contributed by atoms with Crippen LogP contribution >= 0.6 is 11.3 Å². The van der Waals surface area contributed by atoms with E-state index in [1.165, 1.54) is 23.5 Å². The van der Waals surface area contributed by atoms with Crippen molar-refractivity contribution in [3.63, 3.8) is 0 Å². The summed E-state index contributed by atoms with van der Waals surface area (Å²) in [7, 11) is 0. The number of aromatic nitrogens is 1. The Hall–Kier alpha value is -3.07. The van der Waals surface area contributed by atoms with Crippen molar-refractivity contribution in [1.82, 2.24) is 4.57 Å². The molecule has 6 nitrogen and oxygen atoms in total. The van der Waals surface area contributed by atoms with E-state index < -0.39 is 34.6 Å². The number of benzene rings is 1. The minimum Gasteiger partial charge on any atom is -0.465 e. The summed E-state index contributed by atoms with van der Waals surface area (Å²) in [6.45, 7) is 8.43. The topological polar surface area (TPSA) is 74.6 Å². The summed E-state index contributed by atoms with van der Waals surface area (Å²) in [6, 6.07) is 5.60. The Bertz CT molecular complexity index is 1300. The van der Waals surface area contributed by atoms with Crippen molar-refractivity contribution >= 4 is 33.5 Å². The lowest BCUT2D eigenvalue weighted by atomic mass is 10.0. The van der Waals surface area contributed by atoms with E-state index in [0.29, 0.717) is 10.2 Å². The van der Waals surface area contributed by atoms with Crippen molar-refractivity contribution < 1.29 is 27.8 Å². The maximum Gasteiger partial charge on any atom is 0.344 e. The minimum atomic E-state index is -0.993. The molecule has 0 aliphatic rings. The summed E-state index contributed by atoms with van der Waals surface area (Å²) in [6.07, 6.45) is -0.00921. The van der Waals surface area contributed by atoms with E-state index in [4.69, 9.17) is 9.47 Å². The Labute approximate surface area is 200 Å². The van der Waals surface area contributed by atoms with E-state index in [1.807, 2.05) is 6.92 Å². The molecule has 1 aromatic carbocycles. The van der Waals surface area contributed by atoms with Crippen molar-refractivity contribution in [1.29, 1.82) is 0 Å². The Balaban J connectivity index is 2.24. The van der Waals surface area contributed by atoms with Crippen LogP contribution in [0.5, 0.6) is 0 Å². The lowest BCUT2D eigenvalue weighted by Gasteiger charge is -2.22. The second-order valence-corrected chi connectivity index (χ2v) is 10.1. The molecule has 0 saturated heterocycles. The molecule has 0 spiro atoms. The van der Waals surface area contributed by atoms with Crippen LogP contribution in [0.2, 0.25) is 0 Å². The molecular weight excluding hydrogens is 464 g/mol. The number of hydrogen-bond acceptors (Lipinski definition) is 6. The van der Waals surface area contributed by atoms with Gasteiger partial charge in [0.25, 0.3) is 0 Å². The van der Waals surface area contributed by atoms with Crippen molar-refractivity contribution in [3.8, 4) is 0 Å². The highest BCUT2D eigenvalue weighted by Crippen LogP contribution is 2.27. The molecule has 0 N–H and O–H groups in total. The van der Waals surface area contributed by atoms with E-state index in [0.717, 1.165) is 10.9 Å². The predicted molar refractivity (Wildman–Crippen MR) is 126 cm³/mol. The van der Waals surface area contributed by atoms with Crippen molar-refractivity contribution in [2.24, 2.45) is 0 Å². The van der Waals surface area contributed by atoms with E-state index >= 15 is 0 Å². The molecule has 2 aromatic heterocycles. The molecule has 9 heteroatoms. The van der Waals surface area contributed by atoms with Crippen LogP contribution in [0, 0.1) is 18.6 Å². The van der Waals surface area contributed by atoms with Gasteiger partial charge in [-0.1, -0.05) is 12.1 Å². The number of nitrogens with zero attached hydrogens (tertiary/aromatic N) is 1. The van der Waals surface area contributed by atoms with E-state index in [1.54, 1.807) is 38.3 Å². The number of rotatable bonds is 7. The lowest BCUT2D eigenvalue weighted by molar-refractivity contribution is -0.143. The number of esters is 2. The molecule has 0 saturated carbocycles. The van der Waals surface area contributed by atoms with Gasteiger partial charge in [-0.25, -0.2) is 13.6 Å². The maximum absolute atomic E-state index is 14.3. The summed E-state index contributed by atoms with van der Waals surface area (Å²) in [4.78, 5) is 39.9. The largest absolute Gasteiger partial charge is 0.465 e. The van der Waals surface area contributed by atoms with Crippen LogP contribution in [0.1, 0.15) is 54.2 Å². The van der Waals surface area contributed by atoms with Crippen LogP contribution in [-0.4, -0.2) is 28.7 Å². The van der Waals surface area contributed by atoms with Crippen LogP contribution < -0.4 is 5.43 Å². The average molecular weight is 492 g/mol. The molecule has 182 valence electrons. The Kier molecular flexibility index (Phi) is 7.55. The second-order valence-electron chi connectivity index (χ2n) is 8.83. The molecule has 0 radical (unpaired) electrons. The molecule has 0 aliphatic heterocycles. The third-order valence-electron chi connectivity index (χ3n) is 5.03. The lowest BCUT2D eigenvalue weighted by Crippen LogP contribution is -2.31. The third-order valence-corrected chi connectivity index (χ3v) is 6.07. The van der Waals surface area contributed by atoms with Gasteiger partial charge in [0, 0.05) is 10.6 Å². The first-order valence-electron chi connectivity index (χ1n) is 10.9. The quantitative estimate of drug-likeness (QED) is 0.437. The van der Waals surface area contributed by atoms with E-state index in [2.05, 4.69) is 0 Å². The first kappa shape index (κ1) is 25.6. The fourth-order valence-electron chi connectivity index (χ4n) is 3.70. The van der Waals surface area contributed by atoms with Crippen LogP contribution in [0.25, 0.3) is 10.2 Å². The zero-order valence-electron chi connectivity index (χ0n) is 19.8. The molecule has 0 aliphatic carbocycles. The molecule has 0 atom stereocenters. The van der Waals surface area contributed by atoms with Gasteiger partial charge in [0.2, 0.25) is 5.43 Å². The SMILES string of the molecule is CCOC(=O)Cn1c(CCc2cccc(F)c2F)c(C(=O)OC(C)(C)C)c(=O)c2sc(C)cc21. The van der Waals surface area contributed by atoms with Gasteiger partial charge >= 0.3 is 11.9 Å². The first-order valence-corrected chi connectivity index (χ1v) is 11.7. The number of aryl methyl sites for hydroxylation is 2. The molecule has 3 rings (SSSR count). The highest BCUT2D eigenvalue weighted by atomic mass is 32.1. The first-order chi connectivity index (χ1) is 15.9. The smallest absolute Gasteiger partial charge is 0.344 e. The van der Waals surface area contributed by atoms with Gasteiger partial charge in [-0.2, -0.15) is 0 Å². The Morgan fingerprint density at radius 2 is 1.85 bits per heavy atom. The second kappa shape index (κ2) is 10.0. The van der Waals surface area contributed by atoms with Crippen LogP contribution in [-0.2, 0) is 33.7 Å². The fourth-order valence-corrected chi connectivity index (χ4v) is 4.66. The van der Waals surface area contributed by atoms with Crippen molar-refractivity contribution in [2.45, 2.75) is 59.6 Å². The molecule has 0 amide bonds. The number of fused-ring (bicyclic) bond motifs is 1. The monoisotopic (exact) mass is 491 g/mol. The zero-order chi connectivity index (χ0) is 25.2. The normalized spacial score (nSPS) is 11.6. The molecule has 0 bridgehead atoms. The number of thiophene rings is 1. The number of pyridine rings is 1. The van der Waals surface area contributed by atoms with Gasteiger partial charge in [-0.15, -0.1) is 11.3 Å². The highest BCUT2D eigenvalue weighted by molar-refractivity contribution is 7.18. The summed E-state index contributed by atoms with van der Waals surface area (Å²) in [5.41, 5.74) is -0.833. The Morgan fingerprint density at radius 1 is 1.15 bits per heavy atom. The van der Waals surface area contributed by atoms with E-state index in [9.17, 15) is 23.2 Å². The summed E-state index contributed by atoms with van der Waals surface area (Å²) < 4.78 is 40.5. The van der Waals surface area contributed by atoms with Gasteiger partial charge in [0.1, 0.15) is 17.7 Å². The fraction of sp³-hybridized carbons (Fsp3) is 0.400. The van der Waals surface area contributed by atoms with E-state index in [-0.39, 0.29) is 42.8 Å².